The third-order valence-electron chi connectivity index (χ3n) is 2.90. The molecule has 0 aliphatic rings. The average Bonchev–Trinajstić information content (AvgIpc) is 2.46. The first kappa shape index (κ1) is 14.1. The smallest absolute Gasteiger partial charge is 0.336 e. The van der Waals surface area contributed by atoms with Gasteiger partial charge in [0.05, 0.1) is 11.1 Å². The van der Waals surface area contributed by atoms with E-state index in [2.05, 4.69) is 0 Å². The molecule has 0 saturated carbocycles. The number of benzene rings is 2. The number of rotatable bonds is 4. The summed E-state index contributed by atoms with van der Waals surface area (Å²) in [4.78, 5) is 23.3. The molecule has 0 heterocycles. The Morgan fingerprint density at radius 2 is 1.60 bits per heavy atom. The van der Waals surface area contributed by atoms with E-state index in [1.54, 1.807) is 23.9 Å². The van der Waals surface area contributed by atoms with Gasteiger partial charge in [0.2, 0.25) is 0 Å². The second-order valence-corrected chi connectivity index (χ2v) is 4.98. The van der Waals surface area contributed by atoms with Crippen molar-refractivity contribution in [3.8, 4) is 11.1 Å². The topological polar surface area (TPSA) is 74.6 Å². The molecular weight excluding hydrogens is 276 g/mol. The summed E-state index contributed by atoms with van der Waals surface area (Å²) in [5, 5.41) is 18.2. The van der Waals surface area contributed by atoms with E-state index in [0.29, 0.717) is 11.1 Å². The van der Waals surface area contributed by atoms with Crippen LogP contribution in [0.2, 0.25) is 0 Å². The van der Waals surface area contributed by atoms with Crippen molar-refractivity contribution in [1.82, 2.24) is 0 Å². The normalized spacial score (nSPS) is 10.2. The molecule has 0 spiro atoms. The van der Waals surface area contributed by atoms with Gasteiger partial charge in [0.1, 0.15) is 0 Å². The Bertz CT molecular complexity index is 662. The first-order valence-corrected chi connectivity index (χ1v) is 7.00. The molecule has 4 nitrogen and oxygen atoms in total. The Hall–Kier alpha value is -2.27. The zero-order chi connectivity index (χ0) is 14.7. The van der Waals surface area contributed by atoms with E-state index in [4.69, 9.17) is 5.11 Å². The molecule has 0 amide bonds. The summed E-state index contributed by atoms with van der Waals surface area (Å²) in [5.41, 5.74) is 1.25. The summed E-state index contributed by atoms with van der Waals surface area (Å²) in [6, 6.07) is 11.3. The molecule has 0 atom stereocenters. The number of hydrogen-bond acceptors (Lipinski definition) is 3. The molecular formula is C15H12O4S. The highest BCUT2D eigenvalue weighted by Gasteiger charge is 2.14. The van der Waals surface area contributed by atoms with Crippen molar-refractivity contribution in [2.45, 2.75) is 4.90 Å². The Morgan fingerprint density at radius 3 is 2.10 bits per heavy atom. The van der Waals surface area contributed by atoms with Crippen LogP contribution in [0.25, 0.3) is 11.1 Å². The zero-order valence-electron chi connectivity index (χ0n) is 10.7. The van der Waals surface area contributed by atoms with Crippen LogP contribution in [-0.4, -0.2) is 28.4 Å². The SMILES string of the molecule is CSc1ccc(-c2cc(C(=O)O)ccc2C(=O)O)cc1. The van der Waals surface area contributed by atoms with Crippen molar-refractivity contribution >= 4 is 23.7 Å². The molecule has 5 heteroatoms. The maximum Gasteiger partial charge on any atom is 0.336 e. The fourth-order valence-electron chi connectivity index (χ4n) is 1.87. The summed E-state index contributed by atoms with van der Waals surface area (Å²) < 4.78 is 0. The molecule has 102 valence electrons. The highest BCUT2D eigenvalue weighted by molar-refractivity contribution is 7.98. The third kappa shape index (κ3) is 2.83. The van der Waals surface area contributed by atoms with E-state index in [0.717, 1.165) is 4.90 Å². The number of hydrogen-bond donors (Lipinski definition) is 2. The fourth-order valence-corrected chi connectivity index (χ4v) is 2.28. The van der Waals surface area contributed by atoms with Crippen molar-refractivity contribution in [1.29, 1.82) is 0 Å². The molecule has 0 saturated heterocycles. The van der Waals surface area contributed by atoms with E-state index in [9.17, 15) is 14.7 Å². The van der Waals surface area contributed by atoms with E-state index < -0.39 is 11.9 Å². The second-order valence-electron chi connectivity index (χ2n) is 4.10. The van der Waals surface area contributed by atoms with Gasteiger partial charge in [-0.2, -0.15) is 0 Å². The highest BCUT2D eigenvalue weighted by atomic mass is 32.2. The first-order valence-electron chi connectivity index (χ1n) is 5.78. The van der Waals surface area contributed by atoms with Gasteiger partial charge < -0.3 is 10.2 Å². The van der Waals surface area contributed by atoms with Gasteiger partial charge in [0.15, 0.2) is 0 Å². The summed E-state index contributed by atoms with van der Waals surface area (Å²) >= 11 is 1.58. The minimum Gasteiger partial charge on any atom is -0.478 e. The van der Waals surface area contributed by atoms with E-state index in [-0.39, 0.29) is 11.1 Å². The first-order chi connectivity index (χ1) is 9.52. The molecule has 2 N–H and O–H groups in total. The Morgan fingerprint density at radius 1 is 0.950 bits per heavy atom. The molecule has 0 fully saturated rings. The summed E-state index contributed by atoms with van der Waals surface area (Å²) in [7, 11) is 0. The Kier molecular flexibility index (Phi) is 4.10. The van der Waals surface area contributed by atoms with Gasteiger partial charge in [-0.15, -0.1) is 11.8 Å². The maximum absolute atomic E-state index is 11.2. The molecule has 20 heavy (non-hydrogen) atoms. The van der Waals surface area contributed by atoms with Crippen LogP contribution >= 0.6 is 11.8 Å². The summed E-state index contributed by atoms with van der Waals surface area (Å²) in [6.07, 6.45) is 1.95. The molecule has 2 aromatic rings. The molecule has 0 radical (unpaired) electrons. The second kappa shape index (κ2) is 5.79. The van der Waals surface area contributed by atoms with Gasteiger partial charge in [0.25, 0.3) is 0 Å². The predicted octanol–water partition coefficient (Wildman–Crippen LogP) is 3.47. The third-order valence-corrected chi connectivity index (χ3v) is 3.64. The van der Waals surface area contributed by atoms with Crippen molar-refractivity contribution in [2.75, 3.05) is 6.26 Å². The summed E-state index contributed by atoms with van der Waals surface area (Å²) in [6.45, 7) is 0. The molecule has 0 unspecified atom stereocenters. The maximum atomic E-state index is 11.2. The number of carbonyl (C=O) groups is 2. The molecule has 0 bridgehead atoms. The van der Waals surface area contributed by atoms with Crippen LogP contribution in [-0.2, 0) is 0 Å². The van der Waals surface area contributed by atoms with Crippen LogP contribution in [0.1, 0.15) is 20.7 Å². The lowest BCUT2D eigenvalue weighted by Crippen LogP contribution is -2.03. The molecule has 0 aliphatic carbocycles. The van der Waals surface area contributed by atoms with E-state index in [1.165, 1.54) is 18.2 Å². The lowest BCUT2D eigenvalue weighted by atomic mass is 9.97. The standard InChI is InChI=1S/C15H12O4S/c1-20-11-5-2-9(3-6-11)13-8-10(14(16)17)4-7-12(13)15(18)19/h2-8H,1H3,(H,16,17)(H,18,19). The van der Waals surface area contributed by atoms with Crippen LogP contribution in [0, 0.1) is 0 Å². The van der Waals surface area contributed by atoms with Crippen LogP contribution in [0.15, 0.2) is 47.4 Å². The van der Waals surface area contributed by atoms with Crippen molar-refractivity contribution in [3.63, 3.8) is 0 Å². The minimum absolute atomic E-state index is 0.0685. The minimum atomic E-state index is -1.08. The number of carboxylic acids is 2. The van der Waals surface area contributed by atoms with Gasteiger partial charge in [-0.1, -0.05) is 12.1 Å². The van der Waals surface area contributed by atoms with Crippen molar-refractivity contribution in [2.24, 2.45) is 0 Å². The molecule has 0 aromatic heterocycles. The summed E-state index contributed by atoms with van der Waals surface area (Å²) in [5.74, 6) is -2.16. The van der Waals surface area contributed by atoms with Gasteiger partial charge in [-0.3, -0.25) is 0 Å². The lowest BCUT2D eigenvalue weighted by Gasteiger charge is -2.08. The fraction of sp³-hybridized carbons (Fsp3) is 0.0667. The Balaban J connectivity index is 2.58. The van der Waals surface area contributed by atoms with Crippen LogP contribution < -0.4 is 0 Å². The largest absolute Gasteiger partial charge is 0.478 e. The van der Waals surface area contributed by atoms with Gasteiger partial charge >= 0.3 is 11.9 Å². The molecule has 2 rings (SSSR count). The van der Waals surface area contributed by atoms with Gasteiger partial charge in [-0.25, -0.2) is 9.59 Å². The van der Waals surface area contributed by atoms with Crippen LogP contribution in [0.4, 0.5) is 0 Å². The van der Waals surface area contributed by atoms with Gasteiger partial charge in [0, 0.05) is 4.90 Å². The highest BCUT2D eigenvalue weighted by Crippen LogP contribution is 2.27. The van der Waals surface area contributed by atoms with Crippen LogP contribution in [0.3, 0.4) is 0 Å². The van der Waals surface area contributed by atoms with Crippen molar-refractivity contribution in [3.05, 3.63) is 53.6 Å². The number of thioether (sulfide) groups is 1. The van der Waals surface area contributed by atoms with Gasteiger partial charge in [-0.05, 0) is 47.7 Å². The number of aromatic carboxylic acids is 2. The monoisotopic (exact) mass is 288 g/mol. The predicted molar refractivity (Wildman–Crippen MR) is 77.6 cm³/mol. The number of carboxylic acid groups (broad SMARTS) is 2. The van der Waals surface area contributed by atoms with E-state index in [1.807, 2.05) is 18.4 Å². The van der Waals surface area contributed by atoms with Crippen molar-refractivity contribution < 1.29 is 19.8 Å². The molecule has 0 aliphatic heterocycles. The zero-order valence-corrected chi connectivity index (χ0v) is 11.5. The quantitative estimate of drug-likeness (QED) is 0.843. The lowest BCUT2D eigenvalue weighted by molar-refractivity contribution is 0.0682. The van der Waals surface area contributed by atoms with E-state index >= 15 is 0 Å². The van der Waals surface area contributed by atoms with Crippen LogP contribution in [0.5, 0.6) is 0 Å². The Labute approximate surface area is 120 Å². The molecule has 2 aromatic carbocycles. The average molecular weight is 288 g/mol.